The monoisotopic (exact) mass is 297 g/mol. The molecular weight excluding hydrogens is 274 g/mol. The number of hydrogen-bond donors (Lipinski definition) is 2. The van der Waals surface area contributed by atoms with Gasteiger partial charge in [-0.15, -0.1) is 0 Å². The van der Waals surface area contributed by atoms with Crippen molar-refractivity contribution in [3.05, 3.63) is 11.7 Å². The normalized spacial score (nSPS) is 12.4. The van der Waals surface area contributed by atoms with Gasteiger partial charge in [0.05, 0.1) is 5.92 Å². The van der Waals surface area contributed by atoms with Crippen molar-refractivity contribution in [2.24, 2.45) is 11.8 Å². The number of aromatic nitrogens is 2. The molecule has 0 aliphatic heterocycles. The van der Waals surface area contributed by atoms with Crippen molar-refractivity contribution < 1.29 is 19.2 Å². The summed E-state index contributed by atoms with van der Waals surface area (Å²) in [7, 11) is 0. The van der Waals surface area contributed by atoms with Crippen LogP contribution in [0.25, 0.3) is 0 Å². The molecule has 0 fully saturated rings. The minimum absolute atomic E-state index is 0.152. The molecule has 0 spiro atoms. The first-order valence-electron chi connectivity index (χ1n) is 7.17. The Morgan fingerprint density at radius 3 is 2.62 bits per heavy atom. The summed E-state index contributed by atoms with van der Waals surface area (Å²) in [5, 5.41) is 15.4. The van der Waals surface area contributed by atoms with E-state index in [0.29, 0.717) is 37.4 Å². The van der Waals surface area contributed by atoms with E-state index in [1.807, 2.05) is 13.8 Å². The molecule has 118 valence electrons. The van der Waals surface area contributed by atoms with Crippen LogP contribution in [0.3, 0.4) is 0 Å². The first kappa shape index (κ1) is 17.1. The van der Waals surface area contributed by atoms with Crippen molar-refractivity contribution in [3.8, 4) is 0 Å². The Hall–Kier alpha value is -1.92. The van der Waals surface area contributed by atoms with Crippen LogP contribution in [-0.2, 0) is 16.0 Å². The van der Waals surface area contributed by atoms with Gasteiger partial charge in [0.1, 0.15) is 0 Å². The van der Waals surface area contributed by atoms with Crippen molar-refractivity contribution in [2.75, 3.05) is 6.54 Å². The van der Waals surface area contributed by atoms with E-state index in [1.165, 1.54) is 0 Å². The smallest absolute Gasteiger partial charge is 0.308 e. The maximum Gasteiger partial charge on any atom is 0.308 e. The molecule has 1 aromatic heterocycles. The van der Waals surface area contributed by atoms with Crippen LogP contribution in [0, 0.1) is 18.8 Å². The highest BCUT2D eigenvalue weighted by Crippen LogP contribution is 2.11. The predicted molar refractivity (Wildman–Crippen MR) is 75.6 cm³/mol. The Labute approximate surface area is 124 Å². The van der Waals surface area contributed by atoms with Gasteiger partial charge in [-0.2, -0.15) is 4.98 Å². The quantitative estimate of drug-likeness (QED) is 0.716. The van der Waals surface area contributed by atoms with Crippen LogP contribution in [0.1, 0.15) is 44.8 Å². The van der Waals surface area contributed by atoms with E-state index in [1.54, 1.807) is 6.92 Å². The average Bonchev–Trinajstić information content (AvgIpc) is 2.79. The summed E-state index contributed by atoms with van der Waals surface area (Å²) >= 11 is 0. The standard InChI is InChI=1S/C14H23N3O4/c1-9(2)7-11(14(19)20)8-15-12(18)5-4-6-13-16-10(3)17-21-13/h9,11H,4-8H2,1-3H3,(H,15,18)(H,19,20). The fourth-order valence-electron chi connectivity index (χ4n) is 2.01. The van der Waals surface area contributed by atoms with E-state index in [9.17, 15) is 9.59 Å². The van der Waals surface area contributed by atoms with Crippen molar-refractivity contribution in [3.63, 3.8) is 0 Å². The number of aliphatic carboxylic acids is 1. The number of carboxylic acids is 1. The van der Waals surface area contributed by atoms with Crippen LogP contribution in [-0.4, -0.2) is 33.7 Å². The van der Waals surface area contributed by atoms with Crippen LogP contribution < -0.4 is 5.32 Å². The number of amides is 1. The second-order valence-corrected chi connectivity index (χ2v) is 5.56. The Morgan fingerprint density at radius 1 is 1.38 bits per heavy atom. The van der Waals surface area contributed by atoms with Gasteiger partial charge in [-0.25, -0.2) is 0 Å². The highest BCUT2D eigenvalue weighted by molar-refractivity contribution is 5.77. The average molecular weight is 297 g/mol. The van der Waals surface area contributed by atoms with Gasteiger partial charge in [-0.3, -0.25) is 9.59 Å². The molecule has 0 saturated heterocycles. The second kappa shape index (κ2) is 8.39. The minimum Gasteiger partial charge on any atom is -0.481 e. The number of nitrogens with one attached hydrogen (secondary N) is 1. The highest BCUT2D eigenvalue weighted by Gasteiger charge is 2.19. The van der Waals surface area contributed by atoms with Crippen molar-refractivity contribution in [1.29, 1.82) is 0 Å². The van der Waals surface area contributed by atoms with E-state index in [4.69, 9.17) is 9.63 Å². The lowest BCUT2D eigenvalue weighted by Crippen LogP contribution is -2.33. The molecule has 1 atom stereocenters. The van der Waals surface area contributed by atoms with Gasteiger partial charge in [0.25, 0.3) is 0 Å². The lowest BCUT2D eigenvalue weighted by Gasteiger charge is -2.15. The van der Waals surface area contributed by atoms with Crippen LogP contribution in [0.15, 0.2) is 4.52 Å². The summed E-state index contributed by atoms with van der Waals surface area (Å²) in [5.74, 6) is -0.182. The molecule has 1 unspecified atom stereocenters. The topological polar surface area (TPSA) is 105 Å². The largest absolute Gasteiger partial charge is 0.481 e. The van der Waals surface area contributed by atoms with Gasteiger partial charge in [0, 0.05) is 19.4 Å². The molecule has 21 heavy (non-hydrogen) atoms. The third-order valence-corrected chi connectivity index (χ3v) is 3.01. The van der Waals surface area contributed by atoms with E-state index < -0.39 is 11.9 Å². The number of nitrogens with zero attached hydrogens (tertiary/aromatic N) is 2. The molecule has 7 nitrogen and oxygen atoms in total. The summed E-state index contributed by atoms with van der Waals surface area (Å²) in [6.07, 6.45) is 2.00. The summed E-state index contributed by atoms with van der Waals surface area (Å²) in [6.45, 7) is 5.83. The number of aryl methyl sites for hydroxylation is 2. The van der Waals surface area contributed by atoms with Crippen molar-refractivity contribution in [1.82, 2.24) is 15.5 Å². The molecule has 1 rings (SSSR count). The SMILES string of the molecule is Cc1noc(CCCC(=O)NCC(CC(C)C)C(=O)O)n1. The fourth-order valence-corrected chi connectivity index (χ4v) is 2.01. The Balaban J connectivity index is 2.24. The maximum absolute atomic E-state index is 11.7. The lowest BCUT2D eigenvalue weighted by molar-refractivity contribution is -0.142. The molecule has 0 saturated carbocycles. The van der Waals surface area contributed by atoms with Crippen LogP contribution in [0.4, 0.5) is 0 Å². The summed E-state index contributed by atoms with van der Waals surface area (Å²) in [4.78, 5) is 26.8. The van der Waals surface area contributed by atoms with Gasteiger partial charge in [-0.05, 0) is 25.7 Å². The van der Waals surface area contributed by atoms with E-state index in [0.717, 1.165) is 0 Å². The minimum atomic E-state index is -0.870. The molecule has 0 aromatic carbocycles. The van der Waals surface area contributed by atoms with Gasteiger partial charge in [-0.1, -0.05) is 19.0 Å². The zero-order chi connectivity index (χ0) is 15.8. The number of hydrogen-bond acceptors (Lipinski definition) is 5. The molecule has 7 heteroatoms. The molecule has 1 heterocycles. The number of carbonyl (C=O) groups is 2. The zero-order valence-corrected chi connectivity index (χ0v) is 12.8. The number of rotatable bonds is 9. The molecule has 1 amide bonds. The second-order valence-electron chi connectivity index (χ2n) is 5.56. The third-order valence-electron chi connectivity index (χ3n) is 3.01. The Kier molecular flexibility index (Phi) is 6.84. The van der Waals surface area contributed by atoms with Gasteiger partial charge in [0.15, 0.2) is 5.82 Å². The lowest BCUT2D eigenvalue weighted by atomic mass is 9.97. The summed E-state index contributed by atoms with van der Waals surface area (Å²) in [5.41, 5.74) is 0. The summed E-state index contributed by atoms with van der Waals surface area (Å²) < 4.78 is 4.95. The van der Waals surface area contributed by atoms with E-state index in [-0.39, 0.29) is 18.4 Å². The Morgan fingerprint density at radius 2 is 2.10 bits per heavy atom. The van der Waals surface area contributed by atoms with Crippen LogP contribution >= 0.6 is 0 Å². The predicted octanol–water partition coefficient (Wildman–Crippen LogP) is 1.56. The van der Waals surface area contributed by atoms with E-state index in [2.05, 4.69) is 15.5 Å². The molecule has 0 radical (unpaired) electrons. The maximum atomic E-state index is 11.7. The first-order valence-corrected chi connectivity index (χ1v) is 7.17. The van der Waals surface area contributed by atoms with Crippen molar-refractivity contribution in [2.45, 2.75) is 46.5 Å². The third kappa shape index (κ3) is 6.87. The van der Waals surface area contributed by atoms with Crippen molar-refractivity contribution >= 4 is 11.9 Å². The van der Waals surface area contributed by atoms with Gasteiger partial charge in [0.2, 0.25) is 11.8 Å². The molecule has 1 aromatic rings. The van der Waals surface area contributed by atoms with Crippen LogP contribution in [0.2, 0.25) is 0 Å². The summed E-state index contributed by atoms with van der Waals surface area (Å²) in [6, 6.07) is 0. The Bertz CT molecular complexity index is 471. The number of carboxylic acid groups (broad SMARTS) is 1. The van der Waals surface area contributed by atoms with E-state index >= 15 is 0 Å². The first-order chi connectivity index (χ1) is 9.88. The molecule has 2 N–H and O–H groups in total. The van der Waals surface area contributed by atoms with Gasteiger partial charge >= 0.3 is 5.97 Å². The molecule has 0 aliphatic rings. The number of carbonyl (C=O) groups excluding carboxylic acids is 1. The fraction of sp³-hybridized carbons (Fsp3) is 0.714. The molecule has 0 aliphatic carbocycles. The molecular formula is C14H23N3O4. The van der Waals surface area contributed by atoms with Crippen LogP contribution in [0.5, 0.6) is 0 Å². The zero-order valence-electron chi connectivity index (χ0n) is 12.8. The van der Waals surface area contributed by atoms with Gasteiger partial charge < -0.3 is 14.9 Å². The highest BCUT2D eigenvalue weighted by atomic mass is 16.5. The molecule has 0 bridgehead atoms.